The lowest BCUT2D eigenvalue weighted by Gasteiger charge is -2.13. The highest BCUT2D eigenvalue weighted by atomic mass is 19.1. The van der Waals surface area contributed by atoms with E-state index in [0.29, 0.717) is 17.1 Å². The van der Waals surface area contributed by atoms with Crippen molar-refractivity contribution in [1.82, 2.24) is 14.8 Å². The van der Waals surface area contributed by atoms with Crippen LogP contribution in [0.15, 0.2) is 48.7 Å². The third-order valence-corrected chi connectivity index (χ3v) is 4.73. The van der Waals surface area contributed by atoms with Crippen LogP contribution in [-0.4, -0.2) is 27.8 Å². The fourth-order valence-electron chi connectivity index (χ4n) is 3.22. The molecule has 0 fully saturated rings. The lowest BCUT2D eigenvalue weighted by atomic mass is 10.1. The number of anilines is 1. The van der Waals surface area contributed by atoms with Gasteiger partial charge in [-0.25, -0.2) is 13.8 Å². The maximum Gasteiger partial charge on any atom is 0.259 e. The zero-order valence-electron chi connectivity index (χ0n) is 16.5. The summed E-state index contributed by atoms with van der Waals surface area (Å²) in [6.07, 6.45) is 1.25. The molecule has 0 aliphatic rings. The first-order valence-electron chi connectivity index (χ1n) is 9.12. The number of halogens is 2. The minimum Gasteiger partial charge on any atom is -0.494 e. The van der Waals surface area contributed by atoms with Gasteiger partial charge in [-0.3, -0.25) is 4.79 Å². The molecule has 0 radical (unpaired) electrons. The number of nitrogens with one attached hydrogen (secondary N) is 1. The smallest absolute Gasteiger partial charge is 0.259 e. The number of ether oxygens (including phenoxy) is 1. The minimum atomic E-state index is -0.926. The largest absolute Gasteiger partial charge is 0.494 e. The van der Waals surface area contributed by atoms with E-state index in [4.69, 9.17) is 4.74 Å². The van der Waals surface area contributed by atoms with Gasteiger partial charge in [0.15, 0.2) is 11.6 Å². The molecule has 0 spiro atoms. The summed E-state index contributed by atoms with van der Waals surface area (Å²) in [7, 11) is 1.53. The summed E-state index contributed by atoms with van der Waals surface area (Å²) >= 11 is 0. The topological polar surface area (TPSA) is 92.8 Å². The van der Waals surface area contributed by atoms with Crippen LogP contribution in [0.3, 0.4) is 0 Å². The van der Waals surface area contributed by atoms with Gasteiger partial charge in [-0.1, -0.05) is 12.1 Å². The van der Waals surface area contributed by atoms with E-state index in [0.717, 1.165) is 29.1 Å². The number of para-hydroxylation sites is 1. The molecule has 2 heterocycles. The second kappa shape index (κ2) is 7.84. The number of carbonyl (C=O) groups is 1. The van der Waals surface area contributed by atoms with E-state index < -0.39 is 23.1 Å². The molecule has 0 saturated heterocycles. The van der Waals surface area contributed by atoms with Gasteiger partial charge in [0.1, 0.15) is 34.5 Å². The zero-order chi connectivity index (χ0) is 22.1. The molecule has 0 bridgehead atoms. The van der Waals surface area contributed by atoms with Crippen LogP contribution in [0.4, 0.5) is 14.6 Å². The normalized spacial score (nSPS) is 10.7. The van der Waals surface area contributed by atoms with Crippen molar-refractivity contribution in [3.63, 3.8) is 0 Å². The fourth-order valence-corrected chi connectivity index (χ4v) is 3.22. The van der Waals surface area contributed by atoms with Crippen LogP contribution in [-0.2, 0) is 0 Å². The van der Waals surface area contributed by atoms with E-state index in [-0.39, 0.29) is 11.4 Å². The summed E-state index contributed by atoms with van der Waals surface area (Å²) < 4.78 is 34.2. The number of nitrogens with zero attached hydrogens (tertiary/aromatic N) is 4. The zero-order valence-corrected chi connectivity index (χ0v) is 16.5. The highest BCUT2D eigenvalue weighted by molar-refractivity contribution is 6.04. The number of nitriles is 1. The number of rotatable bonds is 4. The molecule has 0 atom stereocenters. The Hall–Kier alpha value is -4.32. The third kappa shape index (κ3) is 3.55. The second-order valence-corrected chi connectivity index (χ2v) is 6.66. The number of methoxy groups -OCH3 is 1. The first-order chi connectivity index (χ1) is 14.9. The molecule has 4 aromatic rings. The standard InChI is InChI=1S/C22H15F2N5O2/c1-12-8-19(27-20-15(12)4-3-5-18(20)31-2)29-21(13(10-25)11-26-29)28-22(30)16-9-14(23)6-7-17(16)24/h3-9,11H,1-2H3,(H,28,30). The maximum absolute atomic E-state index is 14.0. The Kier molecular flexibility index (Phi) is 5.05. The van der Waals surface area contributed by atoms with Crippen LogP contribution >= 0.6 is 0 Å². The molecule has 0 aliphatic carbocycles. The Bertz CT molecular complexity index is 1370. The van der Waals surface area contributed by atoms with Crippen LogP contribution in [0.1, 0.15) is 21.5 Å². The Morgan fingerprint density at radius 2 is 2.03 bits per heavy atom. The highest BCUT2D eigenvalue weighted by Crippen LogP contribution is 2.29. The van der Waals surface area contributed by atoms with Crippen molar-refractivity contribution >= 4 is 22.6 Å². The quantitative estimate of drug-likeness (QED) is 0.537. The van der Waals surface area contributed by atoms with Crippen LogP contribution in [0.25, 0.3) is 16.7 Å². The van der Waals surface area contributed by atoms with E-state index in [1.165, 1.54) is 18.0 Å². The molecule has 1 N–H and O–H groups in total. The van der Waals surface area contributed by atoms with Crippen molar-refractivity contribution in [2.45, 2.75) is 6.92 Å². The number of aryl methyl sites for hydroxylation is 1. The second-order valence-electron chi connectivity index (χ2n) is 6.66. The summed E-state index contributed by atoms with van der Waals surface area (Å²) in [5.41, 5.74) is 0.967. The number of aromatic nitrogens is 3. The average molecular weight is 419 g/mol. The third-order valence-electron chi connectivity index (χ3n) is 4.73. The van der Waals surface area contributed by atoms with Gasteiger partial charge in [-0.2, -0.15) is 15.0 Å². The number of carbonyl (C=O) groups excluding carboxylic acids is 1. The fraction of sp³-hybridized carbons (Fsp3) is 0.0909. The number of benzene rings is 2. The monoisotopic (exact) mass is 419 g/mol. The van der Waals surface area contributed by atoms with E-state index in [1.807, 2.05) is 25.1 Å². The Balaban J connectivity index is 1.83. The number of hydrogen-bond donors (Lipinski definition) is 1. The lowest BCUT2D eigenvalue weighted by molar-refractivity contribution is 0.102. The summed E-state index contributed by atoms with van der Waals surface area (Å²) in [4.78, 5) is 17.2. The predicted molar refractivity (Wildman–Crippen MR) is 109 cm³/mol. The number of fused-ring (bicyclic) bond motifs is 1. The first-order valence-corrected chi connectivity index (χ1v) is 9.12. The molecule has 1 amide bonds. The predicted octanol–water partition coefficient (Wildman–Crippen LogP) is 4.14. The average Bonchev–Trinajstić information content (AvgIpc) is 3.17. The molecule has 9 heteroatoms. The van der Waals surface area contributed by atoms with Crippen molar-refractivity contribution < 1.29 is 18.3 Å². The highest BCUT2D eigenvalue weighted by Gasteiger charge is 2.20. The molecule has 2 aromatic carbocycles. The van der Waals surface area contributed by atoms with E-state index in [2.05, 4.69) is 15.4 Å². The SMILES string of the molecule is COc1cccc2c(C)cc(-n3ncc(C#N)c3NC(=O)c3cc(F)ccc3F)nc12. The molecule has 7 nitrogen and oxygen atoms in total. The molecule has 0 saturated carbocycles. The molecule has 154 valence electrons. The van der Waals surface area contributed by atoms with Gasteiger partial charge in [0.2, 0.25) is 0 Å². The van der Waals surface area contributed by atoms with E-state index >= 15 is 0 Å². The molecular formula is C22H15F2N5O2. The van der Waals surface area contributed by atoms with Crippen molar-refractivity contribution in [3.05, 3.63) is 77.0 Å². The van der Waals surface area contributed by atoms with Gasteiger partial charge in [-0.15, -0.1) is 0 Å². The summed E-state index contributed by atoms with van der Waals surface area (Å²) in [5, 5.41) is 16.9. The summed E-state index contributed by atoms with van der Waals surface area (Å²) in [5.74, 6) is -1.75. The Labute approximate surface area is 175 Å². The number of pyridine rings is 1. The van der Waals surface area contributed by atoms with Crippen molar-refractivity contribution in [2.24, 2.45) is 0 Å². The van der Waals surface area contributed by atoms with Gasteiger partial charge >= 0.3 is 0 Å². The molecule has 0 unspecified atom stereocenters. The van der Waals surface area contributed by atoms with Crippen molar-refractivity contribution in [3.8, 4) is 17.6 Å². The Morgan fingerprint density at radius 1 is 1.23 bits per heavy atom. The first kappa shape index (κ1) is 20.0. The summed E-state index contributed by atoms with van der Waals surface area (Å²) in [6.45, 7) is 1.88. The number of hydrogen-bond acceptors (Lipinski definition) is 5. The van der Waals surface area contributed by atoms with Gasteiger partial charge in [0.25, 0.3) is 5.91 Å². The van der Waals surface area contributed by atoms with Crippen molar-refractivity contribution in [2.75, 3.05) is 12.4 Å². The molecule has 4 rings (SSSR count). The van der Waals surface area contributed by atoms with Crippen LogP contribution < -0.4 is 10.1 Å². The molecule has 0 aliphatic heterocycles. The van der Waals surface area contributed by atoms with Crippen molar-refractivity contribution in [1.29, 1.82) is 5.26 Å². The van der Waals surface area contributed by atoms with Crippen LogP contribution in [0.5, 0.6) is 5.75 Å². The van der Waals surface area contributed by atoms with Crippen LogP contribution in [0.2, 0.25) is 0 Å². The van der Waals surface area contributed by atoms with Gasteiger partial charge < -0.3 is 10.1 Å². The van der Waals surface area contributed by atoms with E-state index in [1.54, 1.807) is 12.1 Å². The molecule has 31 heavy (non-hydrogen) atoms. The minimum absolute atomic E-state index is 0.0164. The van der Waals surface area contributed by atoms with E-state index in [9.17, 15) is 18.8 Å². The summed E-state index contributed by atoms with van der Waals surface area (Å²) in [6, 6.07) is 11.7. The Morgan fingerprint density at radius 3 is 2.77 bits per heavy atom. The maximum atomic E-state index is 14.0. The molecule has 2 aromatic heterocycles. The lowest BCUT2D eigenvalue weighted by Crippen LogP contribution is -2.18. The van der Waals surface area contributed by atoms with Gasteiger partial charge in [0, 0.05) is 5.39 Å². The molecular weight excluding hydrogens is 404 g/mol. The van der Waals surface area contributed by atoms with Crippen LogP contribution in [0, 0.1) is 29.9 Å². The van der Waals surface area contributed by atoms with Gasteiger partial charge in [0.05, 0.1) is 18.9 Å². The number of amides is 1. The van der Waals surface area contributed by atoms with Gasteiger partial charge in [-0.05, 0) is 42.8 Å².